The first kappa shape index (κ1) is 18.1. The fraction of sp³-hybridized carbons (Fsp3) is 0.455. The topological polar surface area (TPSA) is 78.3 Å². The molecule has 0 unspecified atom stereocenters. The van der Waals surface area contributed by atoms with Gasteiger partial charge in [0, 0.05) is 37.3 Å². The van der Waals surface area contributed by atoms with Crippen LogP contribution in [0.4, 0.5) is 0 Å². The van der Waals surface area contributed by atoms with Crippen LogP contribution < -0.4 is 15.7 Å². The average molecular weight is 408 g/mol. The second-order valence-corrected chi connectivity index (χ2v) is 9.45. The zero-order valence-electron chi connectivity index (χ0n) is 17.1. The Morgan fingerprint density at radius 1 is 0.967 bits per heavy atom. The predicted octanol–water partition coefficient (Wildman–Crippen LogP) is 1.02. The van der Waals surface area contributed by atoms with E-state index in [2.05, 4.69) is 20.0 Å². The van der Waals surface area contributed by atoms with Gasteiger partial charge in [-0.05, 0) is 32.0 Å². The lowest BCUT2D eigenvalue weighted by molar-refractivity contribution is -0.146. The summed E-state index contributed by atoms with van der Waals surface area (Å²) in [5.74, 6) is 0.420. The van der Waals surface area contributed by atoms with Crippen LogP contribution >= 0.6 is 0 Å². The lowest BCUT2D eigenvalue weighted by Crippen LogP contribution is -2.79. The van der Waals surface area contributed by atoms with Crippen molar-refractivity contribution in [1.29, 1.82) is 0 Å². The molecule has 0 radical (unpaired) electrons. The highest BCUT2D eigenvalue weighted by Gasteiger charge is 2.49. The number of ether oxygens (including phenoxy) is 1. The molecule has 5 aliphatic heterocycles. The second-order valence-electron chi connectivity index (χ2n) is 9.45. The third-order valence-corrected chi connectivity index (χ3v) is 6.48. The molecule has 4 fully saturated rings. The molecule has 1 aromatic carbocycles. The standard InChI is InChI=1S/C22H24N4O4/c1-21(2)20(28)15(7-23-22-8-24-11-25(9-22)13-26(10-22)12-24)18-16(30-21)5-3-14-4-6-17(27)29-19(14)18/h3-7,23H,8-13H2,1-2H3. The van der Waals surface area contributed by atoms with E-state index in [0.717, 1.165) is 45.0 Å². The first-order valence-electron chi connectivity index (χ1n) is 10.3. The molecular formula is C22H24N4O4. The number of fused-ring (bicyclic) bond motifs is 3. The molecule has 1 N–H and O–H groups in total. The summed E-state index contributed by atoms with van der Waals surface area (Å²) in [6.45, 7) is 9.34. The van der Waals surface area contributed by atoms with Gasteiger partial charge in [0.1, 0.15) is 11.3 Å². The van der Waals surface area contributed by atoms with E-state index in [0.29, 0.717) is 22.5 Å². The maximum atomic E-state index is 13.4. The van der Waals surface area contributed by atoms with Gasteiger partial charge in [-0.3, -0.25) is 19.5 Å². The van der Waals surface area contributed by atoms with Crippen molar-refractivity contribution < 1.29 is 13.9 Å². The van der Waals surface area contributed by atoms with E-state index in [1.54, 1.807) is 19.9 Å². The Hall–Kier alpha value is -2.68. The summed E-state index contributed by atoms with van der Waals surface area (Å²) in [4.78, 5) is 32.5. The molecule has 6 heterocycles. The molecule has 4 saturated heterocycles. The Bertz CT molecular complexity index is 1130. The quantitative estimate of drug-likeness (QED) is 0.583. The van der Waals surface area contributed by atoms with E-state index in [9.17, 15) is 9.59 Å². The first-order valence-corrected chi connectivity index (χ1v) is 10.3. The lowest BCUT2D eigenvalue weighted by Gasteiger charge is -2.60. The van der Waals surface area contributed by atoms with Gasteiger partial charge in [-0.15, -0.1) is 0 Å². The molecule has 0 amide bonds. The molecule has 0 saturated carbocycles. The average Bonchev–Trinajstić information content (AvgIpc) is 2.67. The molecule has 0 aliphatic carbocycles. The van der Waals surface area contributed by atoms with Crippen molar-refractivity contribution in [3.05, 3.63) is 46.4 Å². The van der Waals surface area contributed by atoms with Gasteiger partial charge in [0.2, 0.25) is 5.78 Å². The number of carbonyl (C=O) groups is 1. The van der Waals surface area contributed by atoms with Crippen LogP contribution in [0.1, 0.15) is 19.4 Å². The molecule has 30 heavy (non-hydrogen) atoms. The van der Waals surface area contributed by atoms with Gasteiger partial charge < -0.3 is 14.5 Å². The van der Waals surface area contributed by atoms with Crippen molar-refractivity contribution in [1.82, 2.24) is 20.0 Å². The number of rotatable bonds is 2. The van der Waals surface area contributed by atoms with E-state index in [4.69, 9.17) is 9.15 Å². The Balaban J connectivity index is 1.47. The van der Waals surface area contributed by atoms with Crippen molar-refractivity contribution in [2.45, 2.75) is 25.0 Å². The van der Waals surface area contributed by atoms with Crippen molar-refractivity contribution in [3.63, 3.8) is 0 Å². The smallest absolute Gasteiger partial charge is 0.336 e. The molecule has 7 rings (SSSR count). The minimum absolute atomic E-state index is 0.129. The Labute approximate surface area is 173 Å². The van der Waals surface area contributed by atoms with Gasteiger partial charge in [0.05, 0.1) is 36.7 Å². The zero-order valence-corrected chi connectivity index (χ0v) is 17.1. The normalized spacial score (nSPS) is 34.8. The summed E-state index contributed by atoms with van der Waals surface area (Å²) in [5.41, 5.74) is -0.143. The van der Waals surface area contributed by atoms with Gasteiger partial charge in [-0.2, -0.15) is 0 Å². The SMILES string of the molecule is CC1(C)Oc2ccc3ccc(=O)oc3c2C(=CNC23CN4CN(CN(C4)C2)C3)C1=O. The fourth-order valence-electron chi connectivity index (χ4n) is 5.43. The fourth-order valence-corrected chi connectivity index (χ4v) is 5.43. The van der Waals surface area contributed by atoms with E-state index >= 15 is 0 Å². The molecule has 1 aromatic heterocycles. The van der Waals surface area contributed by atoms with Crippen molar-refractivity contribution in [2.24, 2.45) is 0 Å². The van der Waals surface area contributed by atoms with Crippen LogP contribution in [0.25, 0.3) is 16.5 Å². The molecular weight excluding hydrogens is 384 g/mol. The maximum Gasteiger partial charge on any atom is 0.336 e. The van der Waals surface area contributed by atoms with Crippen molar-refractivity contribution >= 4 is 22.3 Å². The van der Waals surface area contributed by atoms with Crippen LogP contribution in [0, 0.1) is 0 Å². The lowest BCUT2D eigenvalue weighted by atomic mass is 9.86. The van der Waals surface area contributed by atoms with Gasteiger partial charge >= 0.3 is 5.63 Å². The number of nitrogens with one attached hydrogen (secondary N) is 1. The largest absolute Gasteiger partial charge is 0.479 e. The third kappa shape index (κ3) is 2.64. The van der Waals surface area contributed by atoms with E-state index < -0.39 is 11.2 Å². The monoisotopic (exact) mass is 408 g/mol. The summed E-state index contributed by atoms with van der Waals surface area (Å²) in [5, 5.41) is 4.36. The van der Waals surface area contributed by atoms with Gasteiger partial charge in [-0.1, -0.05) is 0 Å². The molecule has 8 heteroatoms. The molecule has 5 aliphatic rings. The number of Topliss-reactive ketones (excluding diaryl/α,β-unsaturated/α-hetero) is 1. The Kier molecular flexibility index (Phi) is 3.58. The van der Waals surface area contributed by atoms with Crippen molar-refractivity contribution in [2.75, 3.05) is 39.6 Å². The molecule has 4 bridgehead atoms. The highest BCUT2D eigenvalue weighted by molar-refractivity contribution is 6.28. The number of ketones is 1. The number of carbonyl (C=O) groups excluding carboxylic acids is 1. The molecule has 0 spiro atoms. The molecule has 8 nitrogen and oxygen atoms in total. The third-order valence-electron chi connectivity index (χ3n) is 6.48. The summed E-state index contributed by atoms with van der Waals surface area (Å²) in [6.07, 6.45) is 1.83. The van der Waals surface area contributed by atoms with Crippen molar-refractivity contribution in [3.8, 4) is 5.75 Å². The highest BCUT2D eigenvalue weighted by atomic mass is 16.5. The minimum Gasteiger partial charge on any atom is -0.479 e. The number of benzene rings is 1. The van der Waals surface area contributed by atoms with Crippen LogP contribution in [-0.4, -0.2) is 71.3 Å². The van der Waals surface area contributed by atoms with Gasteiger partial charge in [0.25, 0.3) is 0 Å². The molecule has 0 atom stereocenters. The molecule has 156 valence electrons. The Morgan fingerprint density at radius 3 is 2.27 bits per heavy atom. The number of hydrogen-bond acceptors (Lipinski definition) is 8. The maximum absolute atomic E-state index is 13.4. The van der Waals surface area contributed by atoms with Gasteiger partial charge in [0.15, 0.2) is 5.60 Å². The van der Waals surface area contributed by atoms with Crippen LogP contribution in [0.5, 0.6) is 5.75 Å². The van der Waals surface area contributed by atoms with E-state index in [-0.39, 0.29) is 11.3 Å². The molecule has 2 aromatic rings. The van der Waals surface area contributed by atoms with E-state index in [1.807, 2.05) is 18.3 Å². The zero-order chi connectivity index (χ0) is 20.7. The summed E-state index contributed by atoms with van der Waals surface area (Å²) >= 11 is 0. The highest BCUT2D eigenvalue weighted by Crippen LogP contribution is 2.42. The summed E-state index contributed by atoms with van der Waals surface area (Å²) in [7, 11) is 0. The summed E-state index contributed by atoms with van der Waals surface area (Å²) in [6, 6.07) is 6.79. The van der Waals surface area contributed by atoms with Crippen LogP contribution in [0.2, 0.25) is 0 Å². The van der Waals surface area contributed by atoms with Crippen LogP contribution in [0.3, 0.4) is 0 Å². The van der Waals surface area contributed by atoms with Gasteiger partial charge in [-0.25, -0.2) is 4.79 Å². The van der Waals surface area contributed by atoms with Crippen LogP contribution in [0.15, 0.2) is 39.7 Å². The Morgan fingerprint density at radius 2 is 1.60 bits per heavy atom. The van der Waals surface area contributed by atoms with E-state index in [1.165, 1.54) is 6.07 Å². The summed E-state index contributed by atoms with van der Waals surface area (Å²) < 4.78 is 11.5. The predicted molar refractivity (Wildman–Crippen MR) is 111 cm³/mol. The number of hydrogen-bond donors (Lipinski definition) is 1. The van der Waals surface area contributed by atoms with Crippen LogP contribution in [-0.2, 0) is 4.79 Å². The number of nitrogens with zero attached hydrogens (tertiary/aromatic N) is 3. The minimum atomic E-state index is -0.999. The first-order chi connectivity index (χ1) is 14.3. The second kappa shape index (κ2) is 5.94.